The van der Waals surface area contributed by atoms with E-state index in [1.807, 2.05) is 6.07 Å². The first-order chi connectivity index (χ1) is 14.8. The van der Waals surface area contributed by atoms with Crippen molar-refractivity contribution in [1.29, 1.82) is 0 Å². The minimum absolute atomic E-state index is 0.0472. The number of hydrogen-bond acceptors (Lipinski definition) is 7. The van der Waals surface area contributed by atoms with Gasteiger partial charge in [-0.2, -0.15) is 0 Å². The predicted octanol–water partition coefficient (Wildman–Crippen LogP) is 1.43. The smallest absolute Gasteiger partial charge is 0.186 e. The molecule has 1 aromatic carbocycles. The van der Waals surface area contributed by atoms with E-state index in [9.17, 15) is 25.5 Å². The Morgan fingerprint density at radius 2 is 1.87 bits per heavy atom. The monoisotopic (exact) mass is 434 g/mol. The first kappa shape index (κ1) is 21.6. The molecule has 172 valence electrons. The predicted molar refractivity (Wildman–Crippen MR) is 111 cm³/mol. The Labute approximate surface area is 182 Å². The van der Waals surface area contributed by atoms with Crippen LogP contribution in [-0.4, -0.2) is 68.9 Å². The number of phenolic OH excluding ortho intramolecular Hbond substituents is 1. The molecule has 7 nitrogen and oxygen atoms in total. The molecule has 31 heavy (non-hydrogen) atoms. The average Bonchev–Trinajstić information content (AvgIpc) is 3.09. The fraction of sp³-hybridized carbons (Fsp3) is 0.750. The molecular formula is C24H34O7. The van der Waals surface area contributed by atoms with Crippen molar-refractivity contribution in [2.24, 2.45) is 17.3 Å². The molecule has 3 aliphatic carbocycles. The molecule has 0 spiro atoms. The quantitative estimate of drug-likeness (QED) is 0.488. The maximum absolute atomic E-state index is 10.4. The van der Waals surface area contributed by atoms with Crippen LogP contribution in [0.1, 0.15) is 56.1 Å². The number of aliphatic hydroxyl groups is 4. The molecule has 1 heterocycles. The summed E-state index contributed by atoms with van der Waals surface area (Å²) in [6.45, 7) is 1.83. The lowest BCUT2D eigenvalue weighted by atomic mass is 9.55. The molecule has 7 heteroatoms. The molecule has 1 unspecified atom stereocenters. The summed E-state index contributed by atoms with van der Waals surface area (Å²) in [6.07, 6.45) is -0.206. The van der Waals surface area contributed by atoms with Crippen molar-refractivity contribution in [1.82, 2.24) is 0 Å². The van der Waals surface area contributed by atoms with Crippen LogP contribution in [0.2, 0.25) is 0 Å². The molecule has 10 atom stereocenters. The van der Waals surface area contributed by atoms with Crippen molar-refractivity contribution in [2.75, 3.05) is 6.61 Å². The molecular weight excluding hydrogens is 400 g/mol. The van der Waals surface area contributed by atoms with Gasteiger partial charge in [0.25, 0.3) is 0 Å². The minimum atomic E-state index is -1.41. The summed E-state index contributed by atoms with van der Waals surface area (Å²) in [5.41, 5.74) is 2.61. The Bertz CT molecular complexity index is 813. The normalized spacial score (nSPS) is 46.8. The van der Waals surface area contributed by atoms with E-state index in [1.165, 1.54) is 11.1 Å². The van der Waals surface area contributed by atoms with Crippen LogP contribution in [0, 0.1) is 17.3 Å². The van der Waals surface area contributed by atoms with Crippen LogP contribution >= 0.6 is 0 Å². The van der Waals surface area contributed by atoms with Crippen LogP contribution in [0.25, 0.3) is 0 Å². The van der Waals surface area contributed by atoms with Gasteiger partial charge in [0.15, 0.2) is 6.29 Å². The van der Waals surface area contributed by atoms with Gasteiger partial charge in [-0.25, -0.2) is 0 Å². The van der Waals surface area contributed by atoms with Crippen molar-refractivity contribution in [3.05, 3.63) is 29.3 Å². The van der Waals surface area contributed by atoms with Crippen LogP contribution in [-0.2, 0) is 15.9 Å². The highest BCUT2D eigenvalue weighted by molar-refractivity contribution is 5.40. The van der Waals surface area contributed by atoms with E-state index < -0.39 is 37.3 Å². The second-order valence-electron chi connectivity index (χ2n) is 10.2. The molecule has 0 aromatic heterocycles. The zero-order valence-corrected chi connectivity index (χ0v) is 17.9. The van der Waals surface area contributed by atoms with E-state index in [4.69, 9.17) is 9.47 Å². The van der Waals surface area contributed by atoms with E-state index in [-0.39, 0.29) is 11.5 Å². The van der Waals surface area contributed by atoms with Crippen LogP contribution in [0.15, 0.2) is 18.2 Å². The maximum Gasteiger partial charge on any atom is 0.186 e. The van der Waals surface area contributed by atoms with Crippen molar-refractivity contribution in [2.45, 2.75) is 88.2 Å². The number of aliphatic hydroxyl groups excluding tert-OH is 4. The number of hydrogen-bond donors (Lipinski definition) is 5. The van der Waals surface area contributed by atoms with Crippen molar-refractivity contribution in [3.63, 3.8) is 0 Å². The summed E-state index contributed by atoms with van der Waals surface area (Å²) in [6, 6.07) is 5.81. The Hall–Kier alpha value is -1.22. The third-order valence-electron chi connectivity index (χ3n) is 8.77. The van der Waals surface area contributed by atoms with Gasteiger partial charge in [-0.1, -0.05) is 13.0 Å². The zero-order chi connectivity index (χ0) is 21.9. The lowest BCUT2D eigenvalue weighted by Gasteiger charge is -2.51. The topological polar surface area (TPSA) is 120 Å². The molecule has 0 amide bonds. The van der Waals surface area contributed by atoms with Gasteiger partial charge < -0.3 is 35.0 Å². The number of aromatic hydroxyl groups is 1. The molecule has 2 saturated carbocycles. The fourth-order valence-corrected chi connectivity index (χ4v) is 7.09. The highest BCUT2D eigenvalue weighted by Gasteiger charge is 2.57. The summed E-state index contributed by atoms with van der Waals surface area (Å²) in [5, 5.41) is 49.9. The number of rotatable bonds is 3. The number of ether oxygens (including phenoxy) is 2. The first-order valence-corrected chi connectivity index (χ1v) is 11.6. The van der Waals surface area contributed by atoms with Crippen molar-refractivity contribution in [3.8, 4) is 5.75 Å². The Balaban J connectivity index is 1.33. The van der Waals surface area contributed by atoms with Crippen LogP contribution in [0.5, 0.6) is 5.75 Å². The largest absolute Gasteiger partial charge is 0.508 e. The highest BCUT2D eigenvalue weighted by atomic mass is 16.7. The molecule has 1 saturated heterocycles. The molecule has 5 N–H and O–H groups in total. The summed E-state index contributed by atoms with van der Waals surface area (Å²) < 4.78 is 11.9. The molecule has 1 aliphatic heterocycles. The number of benzene rings is 1. The van der Waals surface area contributed by atoms with E-state index in [0.29, 0.717) is 23.5 Å². The molecule has 0 radical (unpaired) electrons. The first-order valence-electron chi connectivity index (χ1n) is 11.6. The molecule has 1 aromatic rings. The number of fused-ring (bicyclic) bond motifs is 5. The Kier molecular flexibility index (Phi) is 5.56. The van der Waals surface area contributed by atoms with Crippen molar-refractivity contribution < 1.29 is 35.0 Å². The number of aryl methyl sites for hydroxylation is 1. The average molecular weight is 435 g/mol. The highest BCUT2D eigenvalue weighted by Crippen LogP contribution is 2.61. The van der Waals surface area contributed by atoms with Gasteiger partial charge in [0.2, 0.25) is 0 Å². The third kappa shape index (κ3) is 3.41. The molecule has 5 rings (SSSR count). The zero-order valence-electron chi connectivity index (χ0n) is 17.9. The van der Waals surface area contributed by atoms with E-state index >= 15 is 0 Å². The third-order valence-corrected chi connectivity index (χ3v) is 8.77. The van der Waals surface area contributed by atoms with Gasteiger partial charge in [0.05, 0.1) is 12.7 Å². The molecule has 0 bridgehead atoms. The minimum Gasteiger partial charge on any atom is -0.508 e. The number of phenols is 1. The second-order valence-corrected chi connectivity index (χ2v) is 10.2. The Morgan fingerprint density at radius 1 is 1.06 bits per heavy atom. The maximum atomic E-state index is 10.4. The summed E-state index contributed by atoms with van der Waals surface area (Å²) in [4.78, 5) is 0. The summed E-state index contributed by atoms with van der Waals surface area (Å²) >= 11 is 0. The van der Waals surface area contributed by atoms with E-state index in [1.54, 1.807) is 6.07 Å². The van der Waals surface area contributed by atoms with Gasteiger partial charge in [0.1, 0.15) is 30.2 Å². The van der Waals surface area contributed by atoms with Gasteiger partial charge in [-0.15, -0.1) is 0 Å². The van der Waals surface area contributed by atoms with Crippen LogP contribution in [0.4, 0.5) is 0 Å². The SMILES string of the molecule is C[C@]12CC[C@@H]3c4ccc(O)cc4CC[C@H]3[C@@H]1CC[C@@H]2OC1O[C@H](CO)[C@@H](O)[C@H](O)[C@H]1O. The second kappa shape index (κ2) is 7.97. The lowest BCUT2D eigenvalue weighted by molar-refractivity contribution is -0.319. The van der Waals surface area contributed by atoms with Gasteiger partial charge in [-0.05, 0) is 85.0 Å². The standard InChI is InChI=1S/C24H34O7/c1-24-9-8-15-14-5-3-13(26)10-12(14)2-4-16(15)17(24)6-7-19(24)31-23-22(29)21(28)20(27)18(11-25)30-23/h3,5,10,15-23,25-29H,2,4,6-9,11H2,1H3/t15-,16-,17+,18-,19+,20-,21+,22-,23?,24+/m1/s1. The van der Waals surface area contributed by atoms with Gasteiger partial charge in [0, 0.05) is 0 Å². The van der Waals surface area contributed by atoms with Gasteiger partial charge >= 0.3 is 0 Å². The van der Waals surface area contributed by atoms with Crippen molar-refractivity contribution >= 4 is 0 Å². The summed E-state index contributed by atoms with van der Waals surface area (Å²) in [7, 11) is 0. The Morgan fingerprint density at radius 3 is 2.65 bits per heavy atom. The van der Waals surface area contributed by atoms with Crippen LogP contribution in [0.3, 0.4) is 0 Å². The fourth-order valence-electron chi connectivity index (χ4n) is 7.09. The molecule has 4 aliphatic rings. The van der Waals surface area contributed by atoms with Crippen LogP contribution < -0.4 is 0 Å². The van der Waals surface area contributed by atoms with E-state index in [0.717, 1.165) is 38.5 Å². The lowest BCUT2D eigenvalue weighted by Crippen LogP contribution is -2.60. The summed E-state index contributed by atoms with van der Waals surface area (Å²) in [5.74, 6) is 1.92. The van der Waals surface area contributed by atoms with Gasteiger partial charge in [-0.3, -0.25) is 0 Å². The molecule has 3 fully saturated rings. The van der Waals surface area contributed by atoms with E-state index in [2.05, 4.69) is 13.0 Å².